The van der Waals surface area contributed by atoms with Crippen molar-refractivity contribution in [2.45, 2.75) is 57.3 Å². The number of aromatic hydroxyl groups is 1. The number of aromatic nitrogens is 5. The van der Waals surface area contributed by atoms with Crippen LogP contribution in [0.3, 0.4) is 0 Å². The van der Waals surface area contributed by atoms with Crippen LogP contribution >= 0.6 is 0 Å². The Morgan fingerprint density at radius 2 is 1.92 bits per heavy atom. The summed E-state index contributed by atoms with van der Waals surface area (Å²) in [6.07, 6.45) is 14.0. The van der Waals surface area contributed by atoms with Crippen LogP contribution in [0.15, 0.2) is 42.9 Å². The van der Waals surface area contributed by atoms with Crippen LogP contribution in [0, 0.1) is 5.92 Å². The summed E-state index contributed by atoms with van der Waals surface area (Å²) in [5.74, 6) is 1.58. The second-order valence-corrected chi connectivity index (χ2v) is 10.1. The molecule has 9 heteroatoms. The van der Waals surface area contributed by atoms with Crippen molar-refractivity contribution >= 4 is 23.2 Å². The van der Waals surface area contributed by atoms with Gasteiger partial charge < -0.3 is 20.6 Å². The molecule has 1 amide bonds. The fraction of sp³-hybridized carbons (Fsp3) is 0.370. The number of benzene rings is 1. The van der Waals surface area contributed by atoms with Gasteiger partial charge in [-0.05, 0) is 43.4 Å². The molecule has 0 spiro atoms. The van der Waals surface area contributed by atoms with Gasteiger partial charge in [0.15, 0.2) is 11.5 Å². The molecule has 6 rings (SSSR count). The summed E-state index contributed by atoms with van der Waals surface area (Å²) in [5, 5.41) is 12.6. The van der Waals surface area contributed by atoms with E-state index in [0.717, 1.165) is 30.1 Å². The second-order valence-electron chi connectivity index (χ2n) is 10.1. The van der Waals surface area contributed by atoms with Crippen molar-refractivity contribution < 1.29 is 9.90 Å². The number of imidazole rings is 1. The lowest BCUT2D eigenvalue weighted by Crippen LogP contribution is -2.32. The van der Waals surface area contributed by atoms with E-state index in [1.165, 1.54) is 32.1 Å². The SMILES string of the molecule is CC1(c2ccc(O)cc2)C(=O)Nc2nc(-c3cn4ccnc4c(CCC4CCCCC4)n3)nc(N)c21. The summed E-state index contributed by atoms with van der Waals surface area (Å²) in [6.45, 7) is 1.79. The van der Waals surface area contributed by atoms with Gasteiger partial charge in [0, 0.05) is 18.6 Å². The number of rotatable bonds is 5. The van der Waals surface area contributed by atoms with Gasteiger partial charge in [0.25, 0.3) is 0 Å². The number of phenolic OH excluding ortho intramolecular Hbond substituents is 1. The molecule has 1 unspecified atom stereocenters. The van der Waals surface area contributed by atoms with E-state index in [1.54, 1.807) is 37.4 Å². The molecule has 0 bridgehead atoms. The number of hydrogen-bond acceptors (Lipinski definition) is 7. The third-order valence-corrected chi connectivity index (χ3v) is 7.75. The molecule has 0 saturated heterocycles. The quantitative estimate of drug-likeness (QED) is 0.387. The number of aryl methyl sites for hydroxylation is 1. The summed E-state index contributed by atoms with van der Waals surface area (Å²) < 4.78 is 1.95. The maximum atomic E-state index is 13.1. The van der Waals surface area contributed by atoms with Crippen LogP contribution in [-0.2, 0) is 16.6 Å². The highest BCUT2D eigenvalue weighted by atomic mass is 16.3. The Morgan fingerprint density at radius 3 is 2.69 bits per heavy atom. The molecule has 4 aromatic rings. The highest BCUT2D eigenvalue weighted by molar-refractivity contribution is 6.09. The van der Waals surface area contributed by atoms with Crippen LogP contribution < -0.4 is 11.1 Å². The van der Waals surface area contributed by atoms with Gasteiger partial charge in [-0.3, -0.25) is 4.79 Å². The van der Waals surface area contributed by atoms with Crippen molar-refractivity contribution in [2.24, 2.45) is 5.92 Å². The average Bonchev–Trinajstić information content (AvgIpc) is 3.46. The number of fused-ring (bicyclic) bond motifs is 2. The molecule has 1 atom stereocenters. The van der Waals surface area contributed by atoms with E-state index in [1.807, 2.05) is 16.8 Å². The Kier molecular flexibility index (Phi) is 5.35. The summed E-state index contributed by atoms with van der Waals surface area (Å²) >= 11 is 0. The smallest absolute Gasteiger partial charge is 0.240 e. The molecule has 4 heterocycles. The Balaban J connectivity index is 1.38. The molecule has 1 aliphatic carbocycles. The van der Waals surface area contributed by atoms with E-state index in [2.05, 4.69) is 20.3 Å². The van der Waals surface area contributed by atoms with E-state index < -0.39 is 5.41 Å². The van der Waals surface area contributed by atoms with E-state index in [4.69, 9.17) is 10.7 Å². The third-order valence-electron chi connectivity index (χ3n) is 7.75. The molecular weight excluding hydrogens is 454 g/mol. The van der Waals surface area contributed by atoms with Gasteiger partial charge in [-0.25, -0.2) is 19.9 Å². The minimum atomic E-state index is -1.07. The average molecular weight is 484 g/mol. The standard InChI is InChI=1S/C27H29N7O2/c1-27(17-8-10-18(35)11-9-17)21-22(28)31-23(32-24(21)33-26(27)36)20-15-34-14-13-29-25(34)19(30-20)12-7-16-5-3-2-4-6-16/h8-11,13-16,35H,2-7,12H2,1H3,(H3,28,31,32,33,36). The zero-order valence-corrected chi connectivity index (χ0v) is 20.2. The van der Waals surface area contributed by atoms with Gasteiger partial charge in [-0.2, -0.15) is 0 Å². The number of amides is 1. The van der Waals surface area contributed by atoms with Crippen molar-refractivity contribution in [3.05, 3.63) is 59.7 Å². The third kappa shape index (κ3) is 3.66. The number of nitrogens with zero attached hydrogens (tertiary/aromatic N) is 5. The monoisotopic (exact) mass is 483 g/mol. The molecule has 3 aromatic heterocycles. The number of phenols is 1. The lowest BCUT2D eigenvalue weighted by atomic mass is 9.78. The predicted octanol–water partition coefficient (Wildman–Crippen LogP) is 4.25. The Labute approximate surface area is 208 Å². The Morgan fingerprint density at radius 1 is 1.14 bits per heavy atom. The molecule has 0 radical (unpaired) electrons. The zero-order chi connectivity index (χ0) is 24.9. The van der Waals surface area contributed by atoms with Gasteiger partial charge in [0.1, 0.15) is 28.5 Å². The minimum absolute atomic E-state index is 0.126. The normalized spacial score (nSPS) is 20.0. The number of nitrogen functional groups attached to an aromatic ring is 1. The van der Waals surface area contributed by atoms with Crippen LogP contribution in [0.5, 0.6) is 5.75 Å². The van der Waals surface area contributed by atoms with Crippen molar-refractivity contribution in [1.82, 2.24) is 24.3 Å². The Hall–Kier alpha value is -4.01. The van der Waals surface area contributed by atoms with E-state index in [9.17, 15) is 9.90 Å². The summed E-state index contributed by atoms with van der Waals surface area (Å²) in [7, 11) is 0. The minimum Gasteiger partial charge on any atom is -0.508 e. The first kappa shape index (κ1) is 22.5. The van der Waals surface area contributed by atoms with Crippen molar-refractivity contribution in [1.29, 1.82) is 0 Å². The van der Waals surface area contributed by atoms with Gasteiger partial charge in [-0.15, -0.1) is 0 Å². The lowest BCUT2D eigenvalue weighted by Gasteiger charge is -2.23. The summed E-state index contributed by atoms with van der Waals surface area (Å²) in [6, 6.07) is 6.53. The fourth-order valence-electron chi connectivity index (χ4n) is 5.68. The molecule has 1 saturated carbocycles. The van der Waals surface area contributed by atoms with Gasteiger partial charge >= 0.3 is 0 Å². The maximum Gasteiger partial charge on any atom is 0.240 e. The van der Waals surface area contributed by atoms with Crippen LogP contribution in [0.25, 0.3) is 17.2 Å². The molecule has 1 aliphatic heterocycles. The van der Waals surface area contributed by atoms with Crippen LogP contribution in [-0.4, -0.2) is 35.4 Å². The molecule has 1 aromatic carbocycles. The first-order chi connectivity index (χ1) is 17.4. The van der Waals surface area contributed by atoms with Gasteiger partial charge in [0.2, 0.25) is 5.91 Å². The first-order valence-electron chi connectivity index (χ1n) is 12.6. The molecule has 36 heavy (non-hydrogen) atoms. The summed E-state index contributed by atoms with van der Waals surface area (Å²) in [5.41, 5.74) is 8.97. The number of carbonyl (C=O) groups is 1. The van der Waals surface area contributed by atoms with Crippen molar-refractivity contribution in [3.8, 4) is 17.3 Å². The van der Waals surface area contributed by atoms with Crippen molar-refractivity contribution in [3.63, 3.8) is 0 Å². The highest BCUT2D eigenvalue weighted by Crippen LogP contribution is 2.45. The largest absolute Gasteiger partial charge is 0.508 e. The van der Waals surface area contributed by atoms with Crippen LogP contribution in [0.2, 0.25) is 0 Å². The highest BCUT2D eigenvalue weighted by Gasteiger charge is 2.47. The van der Waals surface area contributed by atoms with Crippen LogP contribution in [0.1, 0.15) is 62.3 Å². The number of nitrogens with two attached hydrogens (primary N) is 1. The number of hydrogen-bond donors (Lipinski definition) is 3. The molecular formula is C27H29N7O2. The second kappa shape index (κ2) is 8.58. The fourth-order valence-corrected chi connectivity index (χ4v) is 5.68. The van der Waals surface area contributed by atoms with E-state index in [0.29, 0.717) is 28.5 Å². The Bertz CT molecular complexity index is 1460. The number of carbonyl (C=O) groups excluding carboxylic acids is 1. The topological polar surface area (TPSA) is 131 Å². The van der Waals surface area contributed by atoms with Gasteiger partial charge in [0.05, 0.1) is 11.3 Å². The molecule has 4 N–H and O–H groups in total. The first-order valence-corrected chi connectivity index (χ1v) is 12.6. The van der Waals surface area contributed by atoms with E-state index >= 15 is 0 Å². The van der Waals surface area contributed by atoms with Crippen LogP contribution in [0.4, 0.5) is 11.6 Å². The van der Waals surface area contributed by atoms with Crippen molar-refractivity contribution in [2.75, 3.05) is 11.1 Å². The van der Waals surface area contributed by atoms with E-state index in [-0.39, 0.29) is 17.5 Å². The predicted molar refractivity (Wildman–Crippen MR) is 137 cm³/mol. The zero-order valence-electron chi connectivity index (χ0n) is 20.2. The molecule has 184 valence electrons. The van der Waals surface area contributed by atoms with Gasteiger partial charge in [-0.1, -0.05) is 44.2 Å². The molecule has 2 aliphatic rings. The lowest BCUT2D eigenvalue weighted by molar-refractivity contribution is -0.119. The molecule has 9 nitrogen and oxygen atoms in total. The number of anilines is 2. The number of nitrogens with one attached hydrogen (secondary N) is 1. The summed E-state index contributed by atoms with van der Waals surface area (Å²) in [4.78, 5) is 31.9. The molecule has 1 fully saturated rings. The maximum absolute atomic E-state index is 13.1.